The summed E-state index contributed by atoms with van der Waals surface area (Å²) in [6.07, 6.45) is 0. The molecule has 260 valence electrons. The summed E-state index contributed by atoms with van der Waals surface area (Å²) in [5.74, 6) is -3.63. The van der Waals surface area contributed by atoms with Crippen molar-refractivity contribution in [2.45, 2.75) is 21.6 Å². The Hall–Kier alpha value is -4.06. The zero-order valence-corrected chi connectivity index (χ0v) is 30.1. The van der Waals surface area contributed by atoms with E-state index in [-0.39, 0.29) is 73.5 Å². The molecule has 0 saturated heterocycles. The largest absolute Gasteiger partial charge is 1.00 e. The Kier molecular flexibility index (Phi) is 14.4. The van der Waals surface area contributed by atoms with E-state index in [1.165, 1.54) is 30.3 Å². The Bertz CT molecular complexity index is 2620. The van der Waals surface area contributed by atoms with Gasteiger partial charge in [-0.25, -0.2) is 30.0 Å². The summed E-state index contributed by atoms with van der Waals surface area (Å²) in [4.78, 5) is 20.1. The van der Waals surface area contributed by atoms with E-state index in [9.17, 15) is 59.0 Å². The molecule has 5 N–H and O–H groups in total. The van der Waals surface area contributed by atoms with Gasteiger partial charge in [-0.05, 0) is 60.8 Å². The monoisotopic (exact) mass is 765 g/mol. The van der Waals surface area contributed by atoms with E-state index in [0.29, 0.717) is 23.8 Å². The first kappa shape index (κ1) is 45.1. The summed E-state index contributed by atoms with van der Waals surface area (Å²) in [5, 5.41) is 42.4. The number of aromatic nitrogens is 3. The predicted octanol–water partition coefficient (Wildman–Crippen LogP) is -5.93. The first-order valence-electron chi connectivity index (χ1n) is 13.3. The molecule has 0 fully saturated rings. The molecule has 0 atom stereocenters. The Morgan fingerprint density at radius 3 is 1.94 bits per heavy atom. The van der Waals surface area contributed by atoms with Crippen LogP contribution in [-0.2, 0) is 30.4 Å². The van der Waals surface area contributed by atoms with Crippen molar-refractivity contribution >= 4 is 81.7 Å². The molecule has 0 aliphatic carbocycles. The van der Waals surface area contributed by atoms with Crippen molar-refractivity contribution in [3.8, 4) is 11.8 Å². The van der Waals surface area contributed by atoms with Gasteiger partial charge in [-0.2, -0.15) is 15.0 Å². The molecule has 0 aliphatic rings. The number of aromatic carboxylic acids is 1. The first-order valence-corrected chi connectivity index (χ1v) is 17.5. The summed E-state index contributed by atoms with van der Waals surface area (Å²) in [5.41, 5.74) is -1.72. The number of anilines is 4. The fourth-order valence-corrected chi connectivity index (χ4v) is 6.15. The van der Waals surface area contributed by atoms with Gasteiger partial charge in [0.2, 0.25) is 11.9 Å². The Labute approximate surface area is 336 Å². The third-order valence-electron chi connectivity index (χ3n) is 6.57. The maximum absolute atomic E-state index is 12.3. The molecule has 53 heavy (non-hydrogen) atoms. The Morgan fingerprint density at radius 1 is 0.736 bits per heavy atom. The van der Waals surface area contributed by atoms with Crippen LogP contribution in [0.4, 0.5) is 34.6 Å². The molecular weight excluding hydrogens is 747 g/mol. The zero-order chi connectivity index (χ0) is 36.8. The van der Waals surface area contributed by atoms with Crippen molar-refractivity contribution < 1.29 is 116 Å². The number of phenols is 1. The molecule has 1 heterocycles. The quantitative estimate of drug-likeness (QED) is 0.0502. The number of aryl methyl sites for hydroxylation is 1. The first-order chi connectivity index (χ1) is 23.2. The van der Waals surface area contributed by atoms with Crippen LogP contribution in [0.1, 0.15) is 15.9 Å². The Morgan fingerprint density at radius 2 is 1.36 bits per heavy atom. The van der Waals surface area contributed by atoms with E-state index in [0.717, 1.165) is 12.1 Å². The Balaban J connectivity index is 0.00000324. The summed E-state index contributed by atoms with van der Waals surface area (Å²) in [6, 6.07) is 9.31. The molecule has 0 unspecified atom stereocenters. The van der Waals surface area contributed by atoms with Crippen molar-refractivity contribution in [2.24, 2.45) is 10.2 Å². The third-order valence-corrected chi connectivity index (χ3v) is 9.06. The number of fused-ring (bicyclic) bond motifs is 1. The standard InChI is InChI=1S/C27H21N7O13S3.3Li/c1-12-5-6-18(17(7-12)24(36)37)33-34-22-20(50(45,46)47)9-13-8-16(49(42,43)44)11-19(21(13)23(22)35)29-26-30-25(31-27(38)32-26)28-14-3-2-4-15(10-14)48(39,40)41;;;/h2-11,35H,1H3,(H,36,37)(H,39,40,41)(H,42,43,44)(H,45,46,47)(H3,28,29,30,31,32,38);;;/q;3*+1/p-3. The van der Waals surface area contributed by atoms with Crippen molar-refractivity contribution in [2.75, 3.05) is 10.6 Å². The van der Waals surface area contributed by atoms with Crippen LogP contribution in [0.5, 0.6) is 11.8 Å². The molecule has 0 spiro atoms. The van der Waals surface area contributed by atoms with Crippen LogP contribution < -0.4 is 67.2 Å². The summed E-state index contributed by atoms with van der Waals surface area (Å²) in [6.45, 7) is 1.58. The minimum absolute atomic E-state index is 0. The number of rotatable bonds is 10. The number of carboxylic acids is 1. The summed E-state index contributed by atoms with van der Waals surface area (Å²) >= 11 is 0. The molecule has 5 aromatic rings. The molecule has 0 amide bonds. The minimum Gasteiger partial charge on any atom is -0.744 e. The van der Waals surface area contributed by atoms with Crippen molar-refractivity contribution in [3.63, 3.8) is 0 Å². The van der Waals surface area contributed by atoms with Gasteiger partial charge in [0, 0.05) is 11.1 Å². The van der Waals surface area contributed by atoms with Gasteiger partial charge in [-0.1, -0.05) is 17.7 Å². The molecule has 4 aromatic carbocycles. The molecule has 0 aliphatic heterocycles. The van der Waals surface area contributed by atoms with Gasteiger partial charge in [-0.3, -0.25) is 0 Å². The maximum atomic E-state index is 12.3. The van der Waals surface area contributed by atoms with Gasteiger partial charge in [0.25, 0.3) is 0 Å². The van der Waals surface area contributed by atoms with E-state index in [2.05, 4.69) is 35.8 Å². The number of carboxylic acid groups (broad SMARTS) is 1. The van der Waals surface area contributed by atoms with Crippen LogP contribution in [0, 0.1) is 6.92 Å². The number of nitrogens with zero attached hydrogens (tertiary/aromatic N) is 5. The predicted molar refractivity (Wildman–Crippen MR) is 166 cm³/mol. The zero-order valence-electron chi connectivity index (χ0n) is 27.7. The molecule has 0 bridgehead atoms. The number of hydrogen-bond donors (Lipinski definition) is 5. The minimum atomic E-state index is -5.52. The molecule has 20 nitrogen and oxygen atoms in total. The number of aromatic hydroxyl groups is 2. The molecule has 1 aromatic heterocycles. The van der Waals surface area contributed by atoms with E-state index >= 15 is 0 Å². The number of nitrogens with one attached hydrogen (secondary N) is 2. The second-order valence-electron chi connectivity index (χ2n) is 10.1. The molecule has 0 saturated carbocycles. The van der Waals surface area contributed by atoms with Gasteiger partial charge < -0.3 is 39.6 Å². The molecule has 5 rings (SSSR count). The number of phenolic OH excluding ortho intramolecular Hbond substituents is 1. The van der Waals surface area contributed by atoms with Crippen molar-refractivity contribution in [1.82, 2.24) is 15.0 Å². The average molecular weight is 766 g/mol. The van der Waals surface area contributed by atoms with Gasteiger partial charge in [0.05, 0.1) is 25.9 Å². The van der Waals surface area contributed by atoms with Crippen LogP contribution in [-0.4, -0.2) is 75.2 Å². The molecule has 0 radical (unpaired) electrons. The van der Waals surface area contributed by atoms with E-state index in [1.54, 1.807) is 6.92 Å². The fourth-order valence-electron chi connectivity index (χ4n) is 4.46. The SMILES string of the molecule is Cc1ccc(N=Nc2c(S(=O)(=O)[O-])cc3cc(S(=O)(=O)[O-])cc(Nc4nc(O)nc(Nc5cccc(S(=O)(=O)[O-])c5)n4)c3c2O)c(C(=O)O)c1.[Li+].[Li+].[Li+]. The van der Waals surface area contributed by atoms with Gasteiger partial charge >= 0.3 is 68.6 Å². The maximum Gasteiger partial charge on any atom is 1.00 e. The summed E-state index contributed by atoms with van der Waals surface area (Å²) < 4.78 is 107. The topological polar surface area (TPSA) is 337 Å². The van der Waals surface area contributed by atoms with Gasteiger partial charge in [-0.15, -0.1) is 10.2 Å². The third kappa shape index (κ3) is 10.5. The van der Waals surface area contributed by atoms with E-state index in [4.69, 9.17) is 0 Å². The van der Waals surface area contributed by atoms with Gasteiger partial charge in [0.15, 0.2) is 5.75 Å². The van der Waals surface area contributed by atoms with Crippen LogP contribution in [0.25, 0.3) is 10.8 Å². The second-order valence-corrected chi connectivity index (χ2v) is 14.2. The fraction of sp³-hybridized carbons (Fsp3) is 0.0370. The van der Waals surface area contributed by atoms with E-state index in [1.807, 2.05) is 0 Å². The average Bonchev–Trinajstić information content (AvgIpc) is 2.99. The van der Waals surface area contributed by atoms with Gasteiger partial charge in [0.1, 0.15) is 41.7 Å². The second kappa shape index (κ2) is 17.0. The molecule has 26 heteroatoms. The van der Waals surface area contributed by atoms with Crippen LogP contribution >= 0.6 is 0 Å². The normalized spacial score (nSPS) is 11.6. The summed E-state index contributed by atoms with van der Waals surface area (Å²) in [7, 11) is -15.7. The number of carbonyl (C=O) groups is 1. The smallest absolute Gasteiger partial charge is 0.744 e. The van der Waals surface area contributed by atoms with Crippen LogP contribution in [0.15, 0.2) is 85.6 Å². The van der Waals surface area contributed by atoms with Crippen molar-refractivity contribution in [3.05, 3.63) is 71.8 Å². The number of hydrogen-bond acceptors (Lipinski definition) is 19. The van der Waals surface area contributed by atoms with Crippen molar-refractivity contribution in [1.29, 1.82) is 0 Å². The number of benzene rings is 4. The molecular formula is C27H18Li3N7O13S3. The number of azo groups is 1. The van der Waals surface area contributed by atoms with Crippen LogP contribution in [0.2, 0.25) is 0 Å². The van der Waals surface area contributed by atoms with E-state index < -0.39 is 96.8 Å². The van der Waals surface area contributed by atoms with Crippen LogP contribution in [0.3, 0.4) is 0 Å².